The van der Waals surface area contributed by atoms with E-state index in [0.717, 1.165) is 11.3 Å². The van der Waals surface area contributed by atoms with E-state index in [2.05, 4.69) is 20.7 Å². The van der Waals surface area contributed by atoms with Gasteiger partial charge in [-0.2, -0.15) is 0 Å². The number of nitrogens with one attached hydrogen (secondary N) is 4. The van der Waals surface area contributed by atoms with E-state index in [1.807, 2.05) is 61.5 Å². The van der Waals surface area contributed by atoms with Crippen LogP contribution >= 0.6 is 0 Å². The van der Waals surface area contributed by atoms with E-state index >= 15 is 0 Å². The number of urea groups is 1. The number of carbonyl (C=O) groups is 2. The first-order valence-electron chi connectivity index (χ1n) is 12.6. The maximum atomic E-state index is 13.4. The fourth-order valence-electron chi connectivity index (χ4n) is 3.92. The van der Waals surface area contributed by atoms with Crippen molar-refractivity contribution in [1.82, 2.24) is 5.32 Å². The largest absolute Gasteiger partial charge is 0.495 e. The molecule has 0 aliphatic rings. The van der Waals surface area contributed by atoms with E-state index < -0.39 is 22.0 Å². The quantitative estimate of drug-likeness (QED) is 0.208. The third-order valence-electron chi connectivity index (χ3n) is 6.03. The number of carbonyl (C=O) groups excluding carboxylic acids is 2. The van der Waals surface area contributed by atoms with Crippen molar-refractivity contribution in [3.05, 3.63) is 108 Å². The summed E-state index contributed by atoms with van der Waals surface area (Å²) in [4.78, 5) is 27.0. The Balaban J connectivity index is 1.45. The van der Waals surface area contributed by atoms with Crippen molar-refractivity contribution < 1.29 is 22.7 Å². The summed E-state index contributed by atoms with van der Waals surface area (Å²) < 4.78 is 34.5. The van der Waals surface area contributed by atoms with Gasteiger partial charge in [0.15, 0.2) is 0 Å². The third-order valence-corrected chi connectivity index (χ3v) is 7.43. The van der Waals surface area contributed by atoms with Gasteiger partial charge in [-0.15, -0.1) is 0 Å². The number of methoxy groups -OCH3 is 1. The van der Waals surface area contributed by atoms with Gasteiger partial charge in [-0.1, -0.05) is 36.4 Å². The predicted octanol–water partition coefficient (Wildman–Crippen LogP) is 5.14. The maximum absolute atomic E-state index is 13.4. The molecule has 0 saturated heterocycles. The Hall–Kier alpha value is -5.03. The minimum Gasteiger partial charge on any atom is -0.495 e. The summed E-state index contributed by atoms with van der Waals surface area (Å²) in [6.07, 6.45) is 0. The molecule has 0 unspecified atom stereocenters. The van der Waals surface area contributed by atoms with Crippen molar-refractivity contribution in [2.45, 2.75) is 11.4 Å². The molecule has 4 aromatic rings. The molecule has 4 N–H and O–H groups in total. The highest BCUT2D eigenvalue weighted by molar-refractivity contribution is 7.92. The Morgan fingerprint density at radius 2 is 1.46 bits per heavy atom. The lowest BCUT2D eigenvalue weighted by Crippen LogP contribution is -2.23. The van der Waals surface area contributed by atoms with Crippen LogP contribution < -0.4 is 30.3 Å². The molecule has 0 aromatic heterocycles. The zero-order valence-corrected chi connectivity index (χ0v) is 23.7. The lowest BCUT2D eigenvalue weighted by molar-refractivity contribution is 0.0950. The number of ether oxygens (including phenoxy) is 1. The van der Waals surface area contributed by atoms with Crippen LogP contribution in [0.15, 0.2) is 102 Å². The summed E-state index contributed by atoms with van der Waals surface area (Å²) in [6, 6.07) is 26.6. The van der Waals surface area contributed by atoms with Crippen molar-refractivity contribution in [3.63, 3.8) is 0 Å². The Labute approximate surface area is 239 Å². The van der Waals surface area contributed by atoms with Crippen molar-refractivity contribution in [2.24, 2.45) is 0 Å². The van der Waals surface area contributed by atoms with Gasteiger partial charge in [-0.25, -0.2) is 13.2 Å². The highest BCUT2D eigenvalue weighted by Gasteiger charge is 2.22. The fourth-order valence-corrected chi connectivity index (χ4v) is 5.16. The molecule has 0 fully saturated rings. The van der Waals surface area contributed by atoms with Gasteiger partial charge in [0.2, 0.25) is 0 Å². The van der Waals surface area contributed by atoms with Crippen molar-refractivity contribution >= 4 is 44.7 Å². The Bertz CT molecular complexity index is 1630. The van der Waals surface area contributed by atoms with Crippen LogP contribution in [0.1, 0.15) is 15.9 Å². The fraction of sp³-hybridized carbons (Fsp3) is 0.133. The average molecular weight is 574 g/mol. The standard InChI is InChI=1S/C30H31N5O5S/c1-35(2)26-15-13-23(14-16-26)32-30(37)33-24-10-7-11-25(19-24)34-41(38,39)28-18-22(12-17-27(28)40-3)29(36)31-20-21-8-5-4-6-9-21/h4-19,34H,20H2,1-3H3,(H,31,36)(H2,32,33,37). The van der Waals surface area contributed by atoms with E-state index in [4.69, 9.17) is 4.74 Å². The first kappa shape index (κ1) is 29.0. The molecule has 0 saturated carbocycles. The molecule has 10 nitrogen and oxygen atoms in total. The molecule has 0 aliphatic heterocycles. The van der Waals surface area contributed by atoms with Crippen LogP contribution in [0.2, 0.25) is 0 Å². The minimum atomic E-state index is -4.17. The summed E-state index contributed by atoms with van der Waals surface area (Å²) in [5.74, 6) is -0.354. The van der Waals surface area contributed by atoms with Gasteiger partial charge < -0.3 is 25.6 Å². The second-order valence-electron chi connectivity index (χ2n) is 9.24. The molecule has 212 valence electrons. The van der Waals surface area contributed by atoms with Crippen LogP contribution in [0.3, 0.4) is 0 Å². The Morgan fingerprint density at radius 3 is 2.15 bits per heavy atom. The Kier molecular flexibility index (Phi) is 9.10. The monoisotopic (exact) mass is 573 g/mol. The first-order valence-corrected chi connectivity index (χ1v) is 14.1. The van der Waals surface area contributed by atoms with Crippen LogP contribution in [0, 0.1) is 0 Å². The SMILES string of the molecule is COc1ccc(C(=O)NCc2ccccc2)cc1S(=O)(=O)Nc1cccc(NC(=O)Nc2ccc(N(C)C)cc2)c1. The molecule has 0 radical (unpaired) electrons. The van der Waals surface area contributed by atoms with Gasteiger partial charge in [0.1, 0.15) is 10.6 Å². The average Bonchev–Trinajstić information content (AvgIpc) is 2.96. The molecule has 0 atom stereocenters. The zero-order chi connectivity index (χ0) is 29.4. The lowest BCUT2D eigenvalue weighted by Gasteiger charge is -2.15. The molecular formula is C30H31N5O5S. The molecule has 0 bridgehead atoms. The number of rotatable bonds is 10. The second kappa shape index (κ2) is 12.9. The normalized spacial score (nSPS) is 10.8. The van der Waals surface area contributed by atoms with Crippen LogP contribution in [-0.4, -0.2) is 41.6 Å². The van der Waals surface area contributed by atoms with E-state index in [-0.39, 0.29) is 21.9 Å². The molecule has 0 heterocycles. The molecule has 0 spiro atoms. The van der Waals surface area contributed by atoms with Gasteiger partial charge in [0.25, 0.3) is 15.9 Å². The summed E-state index contributed by atoms with van der Waals surface area (Å²) in [6.45, 7) is 0.292. The van der Waals surface area contributed by atoms with Crippen LogP contribution in [0.4, 0.5) is 27.5 Å². The number of amides is 3. The lowest BCUT2D eigenvalue weighted by atomic mass is 10.2. The number of nitrogens with zero attached hydrogens (tertiary/aromatic N) is 1. The molecule has 0 aliphatic carbocycles. The second-order valence-corrected chi connectivity index (χ2v) is 10.9. The van der Waals surface area contributed by atoms with Crippen LogP contribution in [0.5, 0.6) is 5.75 Å². The molecular weight excluding hydrogens is 542 g/mol. The smallest absolute Gasteiger partial charge is 0.323 e. The highest BCUT2D eigenvalue weighted by Crippen LogP contribution is 2.28. The topological polar surface area (TPSA) is 129 Å². The molecule has 4 rings (SSSR count). The number of anilines is 4. The van der Waals surface area contributed by atoms with Crippen LogP contribution in [-0.2, 0) is 16.6 Å². The third kappa shape index (κ3) is 7.76. The zero-order valence-electron chi connectivity index (χ0n) is 22.8. The summed E-state index contributed by atoms with van der Waals surface area (Å²) in [5, 5.41) is 8.22. The molecule has 4 aromatic carbocycles. The summed E-state index contributed by atoms with van der Waals surface area (Å²) in [5.41, 5.74) is 3.24. The summed E-state index contributed by atoms with van der Waals surface area (Å²) >= 11 is 0. The molecule has 41 heavy (non-hydrogen) atoms. The molecule has 3 amide bonds. The van der Waals surface area contributed by atoms with Crippen molar-refractivity contribution in [1.29, 1.82) is 0 Å². The van der Waals surface area contributed by atoms with Crippen molar-refractivity contribution in [2.75, 3.05) is 41.5 Å². The van der Waals surface area contributed by atoms with Gasteiger partial charge in [-0.3, -0.25) is 9.52 Å². The minimum absolute atomic E-state index is 0.0750. The van der Waals surface area contributed by atoms with E-state index in [9.17, 15) is 18.0 Å². The number of sulfonamides is 1. The number of benzene rings is 4. The Morgan fingerprint density at radius 1 is 0.780 bits per heavy atom. The maximum Gasteiger partial charge on any atom is 0.323 e. The molecule has 11 heteroatoms. The van der Waals surface area contributed by atoms with E-state index in [1.165, 1.54) is 31.4 Å². The van der Waals surface area contributed by atoms with Gasteiger partial charge >= 0.3 is 6.03 Å². The highest BCUT2D eigenvalue weighted by atomic mass is 32.2. The van der Waals surface area contributed by atoms with Crippen molar-refractivity contribution in [3.8, 4) is 5.75 Å². The predicted molar refractivity (Wildman–Crippen MR) is 161 cm³/mol. The van der Waals surface area contributed by atoms with Gasteiger partial charge in [0.05, 0.1) is 12.8 Å². The van der Waals surface area contributed by atoms with E-state index in [1.54, 1.807) is 30.3 Å². The number of hydrogen-bond donors (Lipinski definition) is 4. The number of hydrogen-bond acceptors (Lipinski definition) is 6. The van der Waals surface area contributed by atoms with E-state index in [0.29, 0.717) is 17.9 Å². The van der Waals surface area contributed by atoms with Gasteiger partial charge in [0, 0.05) is 43.3 Å². The van der Waals surface area contributed by atoms with Crippen LogP contribution in [0.25, 0.3) is 0 Å². The van der Waals surface area contributed by atoms with Gasteiger partial charge in [-0.05, 0) is 66.2 Å². The summed E-state index contributed by atoms with van der Waals surface area (Å²) in [7, 11) is 1.02. The first-order chi connectivity index (χ1) is 19.6.